The van der Waals surface area contributed by atoms with Gasteiger partial charge in [-0.2, -0.15) is 0 Å². The SMILES string of the molecule is C=S(C)(=O)CN1CN(C(=O)c2ccc(C3=NOC(C)(c4cc(C)cc(Cl)c4)C3)cc2C)CC1=O. The average Bonchev–Trinajstić information content (AvgIpc) is 3.29. The number of oxime groups is 1. The maximum atomic E-state index is 13.1. The summed E-state index contributed by atoms with van der Waals surface area (Å²) in [6, 6.07) is 11.4. The summed E-state index contributed by atoms with van der Waals surface area (Å²) < 4.78 is 12.0. The number of hydrogen-bond acceptors (Lipinski definition) is 5. The molecule has 9 heteroatoms. The first-order valence-corrected chi connectivity index (χ1v) is 13.5. The van der Waals surface area contributed by atoms with Crippen molar-refractivity contribution < 1.29 is 18.6 Å². The van der Waals surface area contributed by atoms with Crippen LogP contribution in [0.2, 0.25) is 5.02 Å². The number of carbonyl (C=O) groups is 2. The topological polar surface area (TPSA) is 79.3 Å². The first-order chi connectivity index (χ1) is 15.8. The predicted octanol–water partition coefficient (Wildman–Crippen LogP) is 3.54. The molecule has 2 aliphatic heterocycles. The Morgan fingerprint density at radius 1 is 1.26 bits per heavy atom. The average molecular weight is 502 g/mol. The highest BCUT2D eigenvalue weighted by Gasteiger charge is 2.37. The van der Waals surface area contributed by atoms with Crippen LogP contribution < -0.4 is 0 Å². The minimum Gasteiger partial charge on any atom is -0.384 e. The highest BCUT2D eigenvalue weighted by atomic mass is 35.5. The molecule has 0 aromatic heterocycles. The number of aryl methyl sites for hydroxylation is 2. The summed E-state index contributed by atoms with van der Waals surface area (Å²) in [7, 11) is -2.38. The van der Waals surface area contributed by atoms with E-state index in [1.165, 1.54) is 16.1 Å². The quantitative estimate of drug-likeness (QED) is 0.587. The highest BCUT2D eigenvalue weighted by Crippen LogP contribution is 2.37. The molecule has 2 unspecified atom stereocenters. The van der Waals surface area contributed by atoms with E-state index in [2.05, 4.69) is 11.0 Å². The van der Waals surface area contributed by atoms with Gasteiger partial charge >= 0.3 is 0 Å². The summed E-state index contributed by atoms with van der Waals surface area (Å²) in [5, 5.41) is 4.99. The molecule has 0 bridgehead atoms. The van der Waals surface area contributed by atoms with E-state index in [-0.39, 0.29) is 30.9 Å². The monoisotopic (exact) mass is 501 g/mol. The first kappa shape index (κ1) is 24.3. The molecule has 0 N–H and O–H groups in total. The summed E-state index contributed by atoms with van der Waals surface area (Å²) in [6.07, 6.45) is 2.07. The lowest BCUT2D eigenvalue weighted by molar-refractivity contribution is -0.125. The van der Waals surface area contributed by atoms with Gasteiger partial charge in [0.1, 0.15) is 6.54 Å². The number of benzene rings is 2. The van der Waals surface area contributed by atoms with Crippen LogP contribution in [0.4, 0.5) is 0 Å². The fraction of sp³-hybridized carbons (Fsp3) is 0.360. The van der Waals surface area contributed by atoms with Gasteiger partial charge in [0.2, 0.25) is 5.91 Å². The van der Waals surface area contributed by atoms with E-state index in [1.54, 1.807) is 6.07 Å². The van der Waals surface area contributed by atoms with Gasteiger partial charge in [0.25, 0.3) is 5.91 Å². The number of rotatable bonds is 5. The lowest BCUT2D eigenvalue weighted by Crippen LogP contribution is -2.34. The molecule has 2 aromatic carbocycles. The smallest absolute Gasteiger partial charge is 0.256 e. The standard InChI is InChI=1S/C25H28ClN3O4S/c1-16-8-19(11-20(26)9-16)25(3)12-22(27-33-25)18-6-7-21(17(2)10-18)24(31)28-13-23(30)29(14-28)15-34(4,5)32/h6-11H,4,12-15H2,1-3,5H3. The normalized spacial score (nSPS) is 21.9. The zero-order valence-corrected chi connectivity index (χ0v) is 21.3. The van der Waals surface area contributed by atoms with Crippen molar-refractivity contribution in [2.24, 2.45) is 5.16 Å². The van der Waals surface area contributed by atoms with E-state index >= 15 is 0 Å². The molecule has 7 nitrogen and oxygen atoms in total. The summed E-state index contributed by atoms with van der Waals surface area (Å²) in [6.45, 7) is 5.90. The third-order valence-corrected chi connectivity index (χ3v) is 7.12. The zero-order valence-electron chi connectivity index (χ0n) is 19.8. The fourth-order valence-corrected chi connectivity index (χ4v) is 5.50. The maximum absolute atomic E-state index is 13.1. The Morgan fingerprint density at radius 2 is 2.00 bits per heavy atom. The van der Waals surface area contributed by atoms with Crippen molar-refractivity contribution in [2.75, 3.05) is 25.3 Å². The Kier molecular flexibility index (Phi) is 6.25. The molecule has 180 valence electrons. The lowest BCUT2D eigenvalue weighted by Gasteiger charge is -2.22. The van der Waals surface area contributed by atoms with Gasteiger partial charge in [-0.15, -0.1) is 0 Å². The fourth-order valence-electron chi connectivity index (χ4n) is 4.32. The van der Waals surface area contributed by atoms with Gasteiger partial charge in [0.15, 0.2) is 5.60 Å². The van der Waals surface area contributed by atoms with Crippen LogP contribution in [0.5, 0.6) is 0 Å². The Morgan fingerprint density at radius 3 is 2.65 bits per heavy atom. The zero-order chi connectivity index (χ0) is 24.8. The minimum atomic E-state index is -2.38. The summed E-state index contributed by atoms with van der Waals surface area (Å²) in [5.74, 6) is 3.17. The molecule has 1 saturated heterocycles. The van der Waals surface area contributed by atoms with Gasteiger partial charge in [0.05, 0.1) is 18.3 Å². The second kappa shape index (κ2) is 8.74. The number of halogens is 1. The Balaban J connectivity index is 1.50. The molecule has 2 atom stereocenters. The van der Waals surface area contributed by atoms with Gasteiger partial charge in [0, 0.05) is 23.3 Å². The van der Waals surface area contributed by atoms with Crippen molar-refractivity contribution in [3.05, 3.63) is 69.2 Å². The van der Waals surface area contributed by atoms with E-state index in [4.69, 9.17) is 16.4 Å². The lowest BCUT2D eigenvalue weighted by atomic mass is 9.88. The van der Waals surface area contributed by atoms with Crippen LogP contribution >= 0.6 is 11.6 Å². The summed E-state index contributed by atoms with van der Waals surface area (Å²) in [4.78, 5) is 34.1. The number of carbonyl (C=O) groups excluding carboxylic acids is 2. The molecule has 0 aliphatic carbocycles. The molecule has 0 radical (unpaired) electrons. The van der Waals surface area contributed by atoms with Crippen molar-refractivity contribution >= 4 is 44.5 Å². The second-order valence-electron chi connectivity index (χ2n) is 9.47. The van der Waals surface area contributed by atoms with E-state index in [0.717, 1.165) is 28.0 Å². The number of hydrogen-bond donors (Lipinski definition) is 0. The van der Waals surface area contributed by atoms with E-state index in [1.807, 2.05) is 51.1 Å². The predicted molar refractivity (Wildman–Crippen MR) is 136 cm³/mol. The van der Waals surface area contributed by atoms with Crippen LogP contribution in [-0.4, -0.2) is 62.8 Å². The van der Waals surface area contributed by atoms with Crippen molar-refractivity contribution in [1.29, 1.82) is 0 Å². The minimum absolute atomic E-state index is 0.0342. The molecule has 4 rings (SSSR count). The van der Waals surface area contributed by atoms with Crippen LogP contribution in [-0.2, 0) is 24.8 Å². The molecule has 2 aliphatic rings. The van der Waals surface area contributed by atoms with Crippen LogP contribution in [0.3, 0.4) is 0 Å². The third kappa shape index (κ3) is 4.98. The van der Waals surface area contributed by atoms with Crippen LogP contribution in [0.25, 0.3) is 0 Å². The van der Waals surface area contributed by atoms with E-state index < -0.39 is 15.1 Å². The number of nitrogens with zero attached hydrogens (tertiary/aromatic N) is 3. The van der Waals surface area contributed by atoms with Crippen LogP contribution in [0, 0.1) is 13.8 Å². The summed E-state index contributed by atoms with van der Waals surface area (Å²) in [5.41, 5.74) is 4.34. The van der Waals surface area contributed by atoms with E-state index in [0.29, 0.717) is 17.0 Å². The molecule has 2 heterocycles. The number of amides is 2. The highest BCUT2D eigenvalue weighted by molar-refractivity contribution is 7.99. The van der Waals surface area contributed by atoms with Gasteiger partial charge < -0.3 is 14.6 Å². The van der Waals surface area contributed by atoms with Crippen molar-refractivity contribution in [2.45, 2.75) is 32.8 Å². The van der Waals surface area contributed by atoms with Gasteiger partial charge in [-0.25, -0.2) is 0 Å². The Bertz CT molecular complexity index is 1300. The largest absolute Gasteiger partial charge is 0.384 e. The van der Waals surface area contributed by atoms with Crippen LogP contribution in [0.1, 0.15) is 46.0 Å². The molecule has 2 amide bonds. The molecular formula is C25H28ClN3O4S. The van der Waals surface area contributed by atoms with Crippen LogP contribution in [0.15, 0.2) is 41.6 Å². The molecule has 0 spiro atoms. The third-order valence-electron chi connectivity index (χ3n) is 6.04. The Hall–Kier alpha value is -2.84. The second-order valence-corrected chi connectivity index (χ2v) is 12.5. The molecule has 1 fully saturated rings. The molecule has 0 saturated carbocycles. The molecule has 34 heavy (non-hydrogen) atoms. The molecule has 2 aromatic rings. The van der Waals surface area contributed by atoms with E-state index in [9.17, 15) is 13.8 Å². The van der Waals surface area contributed by atoms with Gasteiger partial charge in [-0.1, -0.05) is 28.9 Å². The van der Waals surface area contributed by atoms with Gasteiger partial charge in [-0.3, -0.25) is 13.8 Å². The Labute approximate surface area is 205 Å². The van der Waals surface area contributed by atoms with Crippen molar-refractivity contribution in [1.82, 2.24) is 9.80 Å². The summed E-state index contributed by atoms with van der Waals surface area (Å²) >= 11 is 6.24. The van der Waals surface area contributed by atoms with Crippen molar-refractivity contribution in [3.8, 4) is 0 Å². The maximum Gasteiger partial charge on any atom is 0.256 e. The molecular weight excluding hydrogens is 474 g/mol. The first-order valence-electron chi connectivity index (χ1n) is 10.9. The van der Waals surface area contributed by atoms with Crippen molar-refractivity contribution in [3.63, 3.8) is 0 Å². The van der Waals surface area contributed by atoms with Gasteiger partial charge in [-0.05, 0) is 82.7 Å².